The molecule has 0 aromatic heterocycles. The van der Waals surface area contributed by atoms with Gasteiger partial charge >= 0.3 is 5.97 Å². The van der Waals surface area contributed by atoms with Crippen molar-refractivity contribution in [3.05, 3.63) is 52.4 Å². The molecule has 1 aliphatic heterocycles. The first-order valence-electron chi connectivity index (χ1n) is 12.4. The lowest BCUT2D eigenvalue weighted by atomic mass is 9.68. The van der Waals surface area contributed by atoms with Crippen molar-refractivity contribution in [2.24, 2.45) is 5.41 Å². The quantitative estimate of drug-likeness (QED) is 0.560. The van der Waals surface area contributed by atoms with E-state index in [0.29, 0.717) is 23.3 Å². The van der Waals surface area contributed by atoms with Gasteiger partial charge in [-0.3, -0.25) is 4.79 Å². The van der Waals surface area contributed by atoms with Crippen molar-refractivity contribution in [3.63, 3.8) is 0 Å². The lowest BCUT2D eigenvalue weighted by Crippen LogP contribution is -2.39. The number of para-hydroxylation sites is 1. The molecule has 0 radical (unpaired) electrons. The van der Waals surface area contributed by atoms with Crippen molar-refractivity contribution >= 4 is 11.8 Å². The Hall–Kier alpha value is -2.56. The van der Waals surface area contributed by atoms with E-state index < -0.39 is 5.92 Å². The highest BCUT2D eigenvalue weighted by molar-refractivity contribution is 6.04. The van der Waals surface area contributed by atoms with Crippen LogP contribution in [0.4, 0.5) is 0 Å². The molecule has 1 aromatic carbocycles. The van der Waals surface area contributed by atoms with Crippen LogP contribution in [0.1, 0.15) is 91.0 Å². The third-order valence-corrected chi connectivity index (χ3v) is 6.88. The maximum absolute atomic E-state index is 13.6. The van der Waals surface area contributed by atoms with E-state index >= 15 is 0 Å². The molecule has 5 heteroatoms. The van der Waals surface area contributed by atoms with Gasteiger partial charge in [0, 0.05) is 29.0 Å². The second-order valence-electron chi connectivity index (χ2n) is 10.8. The van der Waals surface area contributed by atoms with Crippen LogP contribution in [0.3, 0.4) is 0 Å². The molecule has 0 amide bonds. The second kappa shape index (κ2) is 9.36. The summed E-state index contributed by atoms with van der Waals surface area (Å²) >= 11 is 0. The average Bonchev–Trinajstić information content (AvgIpc) is 2.72. The Labute approximate surface area is 197 Å². The molecule has 2 aliphatic carbocycles. The highest BCUT2D eigenvalue weighted by Crippen LogP contribution is 2.48. The van der Waals surface area contributed by atoms with Crippen LogP contribution in [0, 0.1) is 5.41 Å². The molecule has 33 heavy (non-hydrogen) atoms. The van der Waals surface area contributed by atoms with Gasteiger partial charge in [0.2, 0.25) is 0 Å². The number of benzene rings is 1. The van der Waals surface area contributed by atoms with Gasteiger partial charge in [-0.2, -0.15) is 0 Å². The molecule has 1 N–H and O–H groups in total. The first-order valence-corrected chi connectivity index (χ1v) is 12.4. The van der Waals surface area contributed by atoms with E-state index in [1.54, 1.807) is 0 Å². The molecular formula is C28H37NO4. The van der Waals surface area contributed by atoms with Crippen LogP contribution in [0.25, 0.3) is 0 Å². The molecule has 1 atom stereocenters. The Bertz CT molecular complexity index is 995. The third kappa shape index (κ3) is 5.02. The number of nitrogens with one attached hydrogen (secondary N) is 1. The number of hydrogen-bond acceptors (Lipinski definition) is 5. The Morgan fingerprint density at radius 2 is 1.79 bits per heavy atom. The van der Waals surface area contributed by atoms with E-state index in [-0.39, 0.29) is 29.4 Å². The monoisotopic (exact) mass is 451 g/mol. The largest absolute Gasteiger partial charge is 0.491 e. The van der Waals surface area contributed by atoms with Crippen molar-refractivity contribution in [1.29, 1.82) is 0 Å². The lowest BCUT2D eigenvalue weighted by Gasteiger charge is -2.40. The second-order valence-corrected chi connectivity index (χ2v) is 10.8. The average molecular weight is 452 g/mol. The minimum Gasteiger partial charge on any atom is -0.491 e. The molecule has 5 nitrogen and oxygen atoms in total. The Morgan fingerprint density at radius 3 is 2.48 bits per heavy atom. The zero-order chi connectivity index (χ0) is 23.8. The number of ketones is 1. The number of ether oxygens (including phenoxy) is 2. The first kappa shape index (κ1) is 23.6. The molecule has 178 valence electrons. The number of carbonyl (C=O) groups is 2. The lowest BCUT2D eigenvalue weighted by molar-refractivity contribution is -0.146. The van der Waals surface area contributed by atoms with E-state index in [9.17, 15) is 9.59 Å². The number of esters is 1. The van der Waals surface area contributed by atoms with Gasteiger partial charge in [0.1, 0.15) is 11.9 Å². The van der Waals surface area contributed by atoms with Gasteiger partial charge in [0.05, 0.1) is 17.6 Å². The molecule has 0 unspecified atom stereocenters. The van der Waals surface area contributed by atoms with Crippen LogP contribution < -0.4 is 10.1 Å². The van der Waals surface area contributed by atoms with Gasteiger partial charge < -0.3 is 14.8 Å². The zero-order valence-electron chi connectivity index (χ0n) is 20.6. The SMILES string of the molecule is CC1=C(C(=O)OC2CCCCC2)[C@@H](c2ccccc2OC(C)C)C2=C(CC(C)(C)CC2=O)N1. The van der Waals surface area contributed by atoms with E-state index in [0.717, 1.165) is 49.1 Å². The maximum Gasteiger partial charge on any atom is 0.337 e. The fourth-order valence-electron chi connectivity index (χ4n) is 5.50. The fraction of sp³-hybridized carbons (Fsp3) is 0.571. The fourth-order valence-corrected chi connectivity index (χ4v) is 5.50. The summed E-state index contributed by atoms with van der Waals surface area (Å²) in [5, 5.41) is 3.43. The topological polar surface area (TPSA) is 64.6 Å². The number of allylic oxidation sites excluding steroid dienone is 3. The van der Waals surface area contributed by atoms with Crippen LogP contribution in [-0.4, -0.2) is 24.0 Å². The van der Waals surface area contributed by atoms with Gasteiger partial charge in [-0.25, -0.2) is 4.79 Å². The molecule has 1 saturated carbocycles. The number of carbonyl (C=O) groups excluding carboxylic acids is 2. The van der Waals surface area contributed by atoms with Crippen molar-refractivity contribution in [2.75, 3.05) is 0 Å². The predicted molar refractivity (Wildman–Crippen MR) is 129 cm³/mol. The van der Waals surface area contributed by atoms with Crippen LogP contribution in [0.15, 0.2) is 46.8 Å². The van der Waals surface area contributed by atoms with E-state index in [1.165, 1.54) is 6.42 Å². The highest BCUT2D eigenvalue weighted by Gasteiger charge is 2.44. The van der Waals surface area contributed by atoms with Crippen LogP contribution in [-0.2, 0) is 14.3 Å². The number of rotatable bonds is 5. The summed E-state index contributed by atoms with van der Waals surface area (Å²) in [5.74, 6) is -0.00968. The molecule has 0 saturated heterocycles. The van der Waals surface area contributed by atoms with Gasteiger partial charge in [-0.15, -0.1) is 0 Å². The summed E-state index contributed by atoms with van der Waals surface area (Å²) in [7, 11) is 0. The highest BCUT2D eigenvalue weighted by atomic mass is 16.5. The third-order valence-electron chi connectivity index (χ3n) is 6.88. The van der Waals surface area contributed by atoms with E-state index in [2.05, 4.69) is 19.2 Å². The number of dihydropyridines is 1. The number of Topliss-reactive ketones (excluding diaryl/α,β-unsaturated/α-hetero) is 1. The summed E-state index contributed by atoms with van der Waals surface area (Å²) in [6, 6.07) is 7.78. The Kier molecular flexibility index (Phi) is 6.69. The molecule has 3 aliphatic rings. The van der Waals surface area contributed by atoms with Gasteiger partial charge in [0.15, 0.2) is 5.78 Å². The minimum absolute atomic E-state index is 0.0231. The smallest absolute Gasteiger partial charge is 0.337 e. The molecule has 1 heterocycles. The summed E-state index contributed by atoms with van der Waals surface area (Å²) in [6.07, 6.45) is 6.34. The standard InChI is InChI=1S/C28H37NO4/c1-17(2)32-23-14-10-9-13-20(23)25-24(27(31)33-19-11-7-6-8-12-19)18(3)29-21-15-28(4,5)16-22(30)26(21)25/h9-10,13-14,17,19,25,29H,6-8,11-12,15-16H2,1-5H3/t25-/m1/s1. The Balaban J connectivity index is 1.80. The Morgan fingerprint density at radius 1 is 1.09 bits per heavy atom. The molecule has 0 spiro atoms. The molecule has 1 fully saturated rings. The van der Waals surface area contributed by atoms with Gasteiger partial charge in [-0.1, -0.05) is 38.5 Å². The molecule has 1 aromatic rings. The molecule has 4 rings (SSSR count). The maximum atomic E-state index is 13.6. The number of hydrogen-bond donors (Lipinski definition) is 1. The first-order chi connectivity index (χ1) is 15.7. The molecular weight excluding hydrogens is 414 g/mol. The van der Waals surface area contributed by atoms with E-state index in [4.69, 9.17) is 9.47 Å². The van der Waals surface area contributed by atoms with Gasteiger partial charge in [0.25, 0.3) is 0 Å². The van der Waals surface area contributed by atoms with E-state index in [1.807, 2.05) is 45.0 Å². The van der Waals surface area contributed by atoms with Crippen molar-refractivity contribution in [3.8, 4) is 5.75 Å². The van der Waals surface area contributed by atoms with Crippen LogP contribution in [0.2, 0.25) is 0 Å². The normalized spacial score (nSPS) is 23.3. The summed E-state index contributed by atoms with van der Waals surface area (Å²) < 4.78 is 12.2. The van der Waals surface area contributed by atoms with Gasteiger partial charge in [-0.05, 0) is 64.4 Å². The molecule has 0 bridgehead atoms. The van der Waals surface area contributed by atoms with Crippen molar-refractivity contribution < 1.29 is 19.1 Å². The summed E-state index contributed by atoms with van der Waals surface area (Å²) in [4.78, 5) is 27.1. The summed E-state index contributed by atoms with van der Waals surface area (Å²) in [6.45, 7) is 10.1. The van der Waals surface area contributed by atoms with Crippen molar-refractivity contribution in [2.45, 2.75) is 97.7 Å². The predicted octanol–water partition coefficient (Wildman–Crippen LogP) is 5.95. The van der Waals surface area contributed by atoms with Crippen molar-refractivity contribution in [1.82, 2.24) is 5.32 Å². The summed E-state index contributed by atoms with van der Waals surface area (Å²) in [5.41, 5.74) is 3.64. The van der Waals surface area contributed by atoms with Crippen LogP contribution >= 0.6 is 0 Å². The van der Waals surface area contributed by atoms with Crippen LogP contribution in [0.5, 0.6) is 5.75 Å². The minimum atomic E-state index is -0.490. The zero-order valence-corrected chi connectivity index (χ0v) is 20.6.